The Morgan fingerprint density at radius 1 is 1.35 bits per heavy atom. The summed E-state index contributed by atoms with van der Waals surface area (Å²) in [6, 6.07) is 0.555. The highest BCUT2D eigenvalue weighted by atomic mass is 35.5. The minimum Gasteiger partial charge on any atom is -0.365 e. The number of rotatable bonds is 2. The summed E-state index contributed by atoms with van der Waals surface area (Å²) in [5.74, 6) is 0.876. The predicted octanol–water partition coefficient (Wildman–Crippen LogP) is 4.08. The second-order valence-electron chi connectivity index (χ2n) is 5.27. The molecule has 6 heteroatoms. The summed E-state index contributed by atoms with van der Waals surface area (Å²) < 4.78 is 1.12. The lowest BCUT2D eigenvalue weighted by Crippen LogP contribution is -2.03. The van der Waals surface area contributed by atoms with Gasteiger partial charge in [-0.25, -0.2) is 4.98 Å². The Balaban J connectivity index is 2.06. The van der Waals surface area contributed by atoms with Gasteiger partial charge in [-0.1, -0.05) is 11.6 Å². The van der Waals surface area contributed by atoms with E-state index in [9.17, 15) is 0 Å². The summed E-state index contributed by atoms with van der Waals surface area (Å²) >= 11 is 8.00. The Morgan fingerprint density at radius 3 is 2.90 bits per heavy atom. The van der Waals surface area contributed by atoms with E-state index in [2.05, 4.69) is 20.5 Å². The average molecular weight is 305 g/mol. The third-order valence-electron chi connectivity index (χ3n) is 3.70. The number of nitrogens with one attached hydrogen (secondary N) is 1. The first kappa shape index (κ1) is 12.3. The summed E-state index contributed by atoms with van der Waals surface area (Å²) in [5, 5.41) is 14.8. The molecule has 0 aromatic carbocycles. The lowest BCUT2D eigenvalue weighted by atomic mass is 10.1. The SMILES string of the molecule is Cc1nc2sc3c(NC4CC4)nncc3c2c(C)c1Cl. The van der Waals surface area contributed by atoms with Gasteiger partial charge in [-0.3, -0.25) is 0 Å². The molecule has 0 spiro atoms. The van der Waals surface area contributed by atoms with Gasteiger partial charge in [0.25, 0.3) is 0 Å². The molecule has 3 aromatic heterocycles. The predicted molar refractivity (Wildman–Crippen MR) is 83.8 cm³/mol. The second kappa shape index (κ2) is 4.27. The Morgan fingerprint density at radius 2 is 2.15 bits per heavy atom. The van der Waals surface area contributed by atoms with Crippen molar-refractivity contribution < 1.29 is 0 Å². The van der Waals surface area contributed by atoms with Crippen LogP contribution in [-0.4, -0.2) is 21.2 Å². The molecule has 1 fully saturated rings. The van der Waals surface area contributed by atoms with Crippen molar-refractivity contribution in [2.24, 2.45) is 0 Å². The van der Waals surface area contributed by atoms with Crippen LogP contribution in [0.1, 0.15) is 24.1 Å². The molecular formula is C14H13ClN4S. The second-order valence-corrected chi connectivity index (χ2v) is 6.65. The van der Waals surface area contributed by atoms with Gasteiger partial charge in [0.1, 0.15) is 4.83 Å². The molecule has 4 nitrogen and oxygen atoms in total. The summed E-state index contributed by atoms with van der Waals surface area (Å²) in [7, 11) is 0. The maximum atomic E-state index is 6.34. The molecule has 0 bridgehead atoms. The van der Waals surface area contributed by atoms with Crippen molar-refractivity contribution in [2.75, 3.05) is 5.32 Å². The molecule has 0 aliphatic heterocycles. The van der Waals surface area contributed by atoms with Crippen LogP contribution in [0.15, 0.2) is 6.20 Å². The van der Waals surface area contributed by atoms with Gasteiger partial charge in [0.2, 0.25) is 0 Å². The molecule has 1 aliphatic carbocycles. The van der Waals surface area contributed by atoms with Gasteiger partial charge >= 0.3 is 0 Å². The normalized spacial score (nSPS) is 15.2. The Hall–Kier alpha value is -1.46. The van der Waals surface area contributed by atoms with Crippen LogP contribution in [-0.2, 0) is 0 Å². The minimum atomic E-state index is 0.555. The quantitative estimate of drug-likeness (QED) is 0.775. The first-order valence-corrected chi connectivity index (χ1v) is 7.81. The monoisotopic (exact) mass is 304 g/mol. The molecule has 20 heavy (non-hydrogen) atoms. The molecule has 0 unspecified atom stereocenters. The standard InChI is InChI=1S/C14H13ClN4S/c1-6-10-9-5-16-19-13(18-8-3-4-8)12(9)20-14(10)17-7(2)11(6)15/h5,8H,3-4H2,1-2H3,(H,18,19). The summed E-state index contributed by atoms with van der Waals surface area (Å²) in [4.78, 5) is 5.62. The van der Waals surface area contributed by atoms with E-state index in [-0.39, 0.29) is 0 Å². The molecule has 3 heterocycles. The van der Waals surface area contributed by atoms with Crippen molar-refractivity contribution in [3.63, 3.8) is 0 Å². The Labute approximate surface area is 125 Å². The van der Waals surface area contributed by atoms with E-state index in [1.807, 2.05) is 20.0 Å². The van der Waals surface area contributed by atoms with Crippen molar-refractivity contribution in [1.82, 2.24) is 15.2 Å². The topological polar surface area (TPSA) is 50.7 Å². The van der Waals surface area contributed by atoms with E-state index in [1.165, 1.54) is 12.8 Å². The van der Waals surface area contributed by atoms with Gasteiger partial charge < -0.3 is 5.32 Å². The van der Waals surface area contributed by atoms with Crippen LogP contribution in [0.25, 0.3) is 20.3 Å². The van der Waals surface area contributed by atoms with Crippen LogP contribution in [0.5, 0.6) is 0 Å². The molecule has 1 aliphatic rings. The third kappa shape index (κ3) is 1.77. The molecule has 0 saturated heterocycles. The highest BCUT2D eigenvalue weighted by Crippen LogP contribution is 2.40. The maximum absolute atomic E-state index is 6.34. The van der Waals surface area contributed by atoms with Gasteiger partial charge in [0.15, 0.2) is 5.82 Å². The fourth-order valence-electron chi connectivity index (χ4n) is 2.46. The number of thiophene rings is 1. The zero-order valence-electron chi connectivity index (χ0n) is 11.2. The van der Waals surface area contributed by atoms with Gasteiger partial charge in [-0.2, -0.15) is 5.10 Å². The number of nitrogens with zero attached hydrogens (tertiary/aromatic N) is 3. The van der Waals surface area contributed by atoms with Crippen LogP contribution >= 0.6 is 22.9 Å². The fraction of sp³-hybridized carbons (Fsp3) is 0.357. The molecule has 3 aromatic rings. The van der Waals surface area contributed by atoms with Gasteiger partial charge in [-0.05, 0) is 32.3 Å². The summed E-state index contributed by atoms with van der Waals surface area (Å²) in [5.41, 5.74) is 1.95. The lowest BCUT2D eigenvalue weighted by molar-refractivity contribution is 1.02. The van der Waals surface area contributed by atoms with Crippen molar-refractivity contribution in [2.45, 2.75) is 32.7 Å². The zero-order valence-corrected chi connectivity index (χ0v) is 12.8. The van der Waals surface area contributed by atoms with Crippen LogP contribution in [0.4, 0.5) is 5.82 Å². The van der Waals surface area contributed by atoms with Crippen LogP contribution in [0.3, 0.4) is 0 Å². The van der Waals surface area contributed by atoms with Gasteiger partial charge in [-0.15, -0.1) is 16.4 Å². The van der Waals surface area contributed by atoms with Crippen LogP contribution in [0.2, 0.25) is 5.02 Å². The van der Waals surface area contributed by atoms with Gasteiger partial charge in [0.05, 0.1) is 21.6 Å². The summed E-state index contributed by atoms with van der Waals surface area (Å²) in [6.07, 6.45) is 4.24. The summed E-state index contributed by atoms with van der Waals surface area (Å²) in [6.45, 7) is 3.99. The highest BCUT2D eigenvalue weighted by molar-refractivity contribution is 7.26. The molecule has 1 saturated carbocycles. The minimum absolute atomic E-state index is 0.555. The molecule has 102 valence electrons. The smallest absolute Gasteiger partial charge is 0.167 e. The molecule has 0 amide bonds. The number of aryl methyl sites for hydroxylation is 2. The number of fused-ring (bicyclic) bond motifs is 3. The lowest BCUT2D eigenvalue weighted by Gasteiger charge is -2.04. The van der Waals surface area contributed by atoms with Crippen LogP contribution < -0.4 is 5.32 Å². The first-order chi connectivity index (χ1) is 9.65. The van der Waals surface area contributed by atoms with E-state index in [4.69, 9.17) is 11.6 Å². The maximum Gasteiger partial charge on any atom is 0.167 e. The molecule has 0 radical (unpaired) electrons. The molecule has 4 rings (SSSR count). The first-order valence-electron chi connectivity index (χ1n) is 6.62. The molecule has 1 N–H and O–H groups in total. The van der Waals surface area contributed by atoms with E-state index >= 15 is 0 Å². The average Bonchev–Trinajstić information content (AvgIpc) is 3.16. The van der Waals surface area contributed by atoms with Gasteiger partial charge in [0, 0.05) is 16.8 Å². The molecular weight excluding hydrogens is 292 g/mol. The van der Waals surface area contributed by atoms with Crippen molar-refractivity contribution in [1.29, 1.82) is 0 Å². The van der Waals surface area contributed by atoms with E-state index in [0.29, 0.717) is 6.04 Å². The fourth-order valence-corrected chi connectivity index (χ4v) is 3.80. The van der Waals surface area contributed by atoms with E-state index in [1.54, 1.807) is 11.3 Å². The van der Waals surface area contributed by atoms with Crippen molar-refractivity contribution in [3.05, 3.63) is 22.5 Å². The van der Waals surface area contributed by atoms with Crippen molar-refractivity contribution >= 4 is 49.1 Å². The number of pyridine rings is 1. The van der Waals surface area contributed by atoms with E-state index in [0.717, 1.165) is 42.4 Å². The molecule has 0 atom stereocenters. The third-order valence-corrected chi connectivity index (χ3v) is 5.36. The Kier molecular flexibility index (Phi) is 2.62. The zero-order chi connectivity index (χ0) is 13.9. The number of hydrogen-bond donors (Lipinski definition) is 1. The highest BCUT2D eigenvalue weighted by Gasteiger charge is 2.24. The Bertz CT molecular complexity index is 838. The van der Waals surface area contributed by atoms with Crippen LogP contribution in [0, 0.1) is 13.8 Å². The van der Waals surface area contributed by atoms with E-state index < -0.39 is 0 Å². The van der Waals surface area contributed by atoms with Crippen molar-refractivity contribution in [3.8, 4) is 0 Å². The number of hydrogen-bond acceptors (Lipinski definition) is 5. The largest absolute Gasteiger partial charge is 0.365 e. The number of anilines is 1. The number of halogens is 1. The number of aromatic nitrogens is 3.